The van der Waals surface area contributed by atoms with Crippen molar-refractivity contribution in [2.75, 3.05) is 20.8 Å². The average Bonchev–Trinajstić information content (AvgIpc) is 3.16. The minimum Gasteiger partial charge on any atom is -0.469 e. The molecule has 2 saturated heterocycles. The summed E-state index contributed by atoms with van der Waals surface area (Å²) in [6.07, 6.45) is 0. The van der Waals surface area contributed by atoms with Crippen LogP contribution >= 0.6 is 0 Å². The van der Waals surface area contributed by atoms with Gasteiger partial charge in [0.1, 0.15) is 12.6 Å². The number of rotatable bonds is 4. The first kappa shape index (κ1) is 20.1. The van der Waals surface area contributed by atoms with Crippen LogP contribution in [-0.2, 0) is 28.6 Å². The molecule has 2 heterocycles. The number of esters is 3. The molecule has 2 fully saturated rings. The smallest absolute Gasteiger partial charge is 0.324 e. The summed E-state index contributed by atoms with van der Waals surface area (Å²) in [6, 6.07) is 17.2. The molecule has 5 atom stereocenters. The molecule has 0 bridgehead atoms. The van der Waals surface area contributed by atoms with Gasteiger partial charge in [-0.25, -0.2) is 0 Å². The van der Waals surface area contributed by atoms with Gasteiger partial charge in [-0.2, -0.15) is 0 Å². The number of morpholine rings is 1. The number of carbonyl (C=O) groups is 3. The summed E-state index contributed by atoms with van der Waals surface area (Å²) in [7, 11) is 2.53. The van der Waals surface area contributed by atoms with Crippen molar-refractivity contribution in [1.29, 1.82) is 0 Å². The molecule has 0 radical (unpaired) electrons. The molecule has 0 aliphatic carbocycles. The lowest BCUT2D eigenvalue weighted by Gasteiger charge is -2.40. The molecule has 0 N–H and O–H groups in total. The van der Waals surface area contributed by atoms with E-state index in [1.165, 1.54) is 14.2 Å². The third kappa shape index (κ3) is 3.25. The summed E-state index contributed by atoms with van der Waals surface area (Å²) in [5.74, 6) is -3.68. The van der Waals surface area contributed by atoms with Gasteiger partial charge in [0.25, 0.3) is 0 Å². The van der Waals surface area contributed by atoms with Crippen molar-refractivity contribution >= 4 is 17.9 Å². The van der Waals surface area contributed by atoms with Crippen LogP contribution in [0.3, 0.4) is 0 Å². The van der Waals surface area contributed by atoms with Gasteiger partial charge in [-0.3, -0.25) is 19.3 Å². The summed E-state index contributed by atoms with van der Waals surface area (Å²) < 4.78 is 15.6. The number of ether oxygens (including phenoxy) is 3. The van der Waals surface area contributed by atoms with Crippen LogP contribution in [0.1, 0.15) is 23.2 Å². The minimum atomic E-state index is -1.04. The molecule has 0 unspecified atom stereocenters. The van der Waals surface area contributed by atoms with Gasteiger partial charge in [0.2, 0.25) is 0 Å². The van der Waals surface area contributed by atoms with Crippen molar-refractivity contribution in [2.24, 2.45) is 11.8 Å². The van der Waals surface area contributed by atoms with Gasteiger partial charge in [-0.1, -0.05) is 60.7 Å². The van der Waals surface area contributed by atoms with Crippen molar-refractivity contribution in [3.63, 3.8) is 0 Å². The van der Waals surface area contributed by atoms with E-state index in [0.29, 0.717) is 0 Å². The SMILES string of the molecule is COC(=O)[C@@H]1[C@H](C(=O)OC)[C@@H]2C(=O)OC[C@@H](c3ccccc3)N2[C@H]1c1ccccc1. The fourth-order valence-corrected chi connectivity index (χ4v) is 4.72. The molecule has 0 spiro atoms. The quantitative estimate of drug-likeness (QED) is 0.566. The number of methoxy groups -OCH3 is 2. The predicted molar refractivity (Wildman–Crippen MR) is 106 cm³/mol. The van der Waals surface area contributed by atoms with E-state index in [-0.39, 0.29) is 12.6 Å². The summed E-state index contributed by atoms with van der Waals surface area (Å²) in [6.45, 7) is 0.129. The Hall–Kier alpha value is -3.19. The normalized spacial score (nSPS) is 28.3. The zero-order chi connectivity index (χ0) is 21.3. The van der Waals surface area contributed by atoms with E-state index in [0.717, 1.165) is 11.1 Å². The molecule has 30 heavy (non-hydrogen) atoms. The minimum absolute atomic E-state index is 0.129. The first-order valence-corrected chi connectivity index (χ1v) is 9.78. The van der Waals surface area contributed by atoms with Crippen LogP contribution < -0.4 is 0 Å². The van der Waals surface area contributed by atoms with E-state index < -0.39 is 41.8 Å². The Morgan fingerprint density at radius 1 is 0.833 bits per heavy atom. The summed E-state index contributed by atoms with van der Waals surface area (Å²) in [5, 5.41) is 0. The molecular weight excluding hydrogens is 386 g/mol. The lowest BCUT2D eigenvalue weighted by molar-refractivity contribution is -0.169. The van der Waals surface area contributed by atoms with Gasteiger partial charge in [0.15, 0.2) is 0 Å². The van der Waals surface area contributed by atoms with Gasteiger partial charge >= 0.3 is 17.9 Å². The van der Waals surface area contributed by atoms with E-state index in [4.69, 9.17) is 14.2 Å². The first-order chi connectivity index (χ1) is 14.6. The highest BCUT2D eigenvalue weighted by Gasteiger charge is 2.63. The Kier molecular flexibility index (Phi) is 5.55. The molecule has 156 valence electrons. The van der Waals surface area contributed by atoms with Crippen molar-refractivity contribution in [3.8, 4) is 0 Å². The van der Waals surface area contributed by atoms with Crippen molar-refractivity contribution < 1.29 is 28.6 Å². The topological polar surface area (TPSA) is 82.1 Å². The van der Waals surface area contributed by atoms with E-state index in [1.54, 1.807) is 0 Å². The third-order valence-electron chi connectivity index (χ3n) is 5.97. The standard InChI is InChI=1S/C23H23NO6/c1-28-21(25)17-18(22(26)29-2)20-23(27)30-13-16(14-9-5-3-6-10-14)24(20)19(17)15-11-7-4-8-12-15/h3-12,16-20H,13H2,1-2H3/t16-,17+,18-,19-,20+/m0/s1. The highest BCUT2D eigenvalue weighted by atomic mass is 16.5. The maximum Gasteiger partial charge on any atom is 0.324 e. The van der Waals surface area contributed by atoms with Crippen LogP contribution in [-0.4, -0.2) is 49.7 Å². The van der Waals surface area contributed by atoms with Crippen LogP contribution in [0.5, 0.6) is 0 Å². The fourth-order valence-electron chi connectivity index (χ4n) is 4.72. The molecule has 2 aliphatic rings. The Balaban J connectivity index is 1.91. The van der Waals surface area contributed by atoms with Gasteiger partial charge in [0, 0.05) is 0 Å². The third-order valence-corrected chi connectivity index (χ3v) is 5.97. The van der Waals surface area contributed by atoms with Gasteiger partial charge in [0.05, 0.1) is 38.1 Å². The zero-order valence-electron chi connectivity index (χ0n) is 16.8. The molecule has 7 nitrogen and oxygen atoms in total. The monoisotopic (exact) mass is 409 g/mol. The number of hydrogen-bond acceptors (Lipinski definition) is 7. The molecule has 7 heteroatoms. The highest BCUT2D eigenvalue weighted by Crippen LogP contribution is 2.52. The molecule has 2 aromatic carbocycles. The molecule has 0 aromatic heterocycles. The molecule has 4 rings (SSSR count). The molecular formula is C23H23NO6. The largest absolute Gasteiger partial charge is 0.469 e. The van der Waals surface area contributed by atoms with Crippen molar-refractivity contribution in [3.05, 3.63) is 71.8 Å². The number of carbonyl (C=O) groups excluding carboxylic acids is 3. The number of cyclic esters (lactones) is 1. The molecule has 2 aliphatic heterocycles. The maximum atomic E-state index is 12.9. The maximum absolute atomic E-state index is 12.9. The van der Waals surface area contributed by atoms with E-state index in [9.17, 15) is 14.4 Å². The lowest BCUT2D eigenvalue weighted by atomic mass is 9.84. The van der Waals surface area contributed by atoms with Crippen LogP contribution in [0.2, 0.25) is 0 Å². The Morgan fingerprint density at radius 3 is 1.87 bits per heavy atom. The molecule has 0 amide bonds. The number of hydrogen-bond donors (Lipinski definition) is 0. The van der Waals surface area contributed by atoms with Crippen molar-refractivity contribution in [1.82, 2.24) is 4.90 Å². The Morgan fingerprint density at radius 2 is 1.33 bits per heavy atom. The Labute approximate surface area is 174 Å². The fraction of sp³-hybridized carbons (Fsp3) is 0.348. The van der Waals surface area contributed by atoms with Gasteiger partial charge < -0.3 is 14.2 Å². The average molecular weight is 409 g/mol. The number of fused-ring (bicyclic) bond motifs is 1. The second-order valence-electron chi connectivity index (χ2n) is 7.40. The predicted octanol–water partition coefficient (Wildman–Crippen LogP) is 2.29. The Bertz CT molecular complexity index is 931. The van der Waals surface area contributed by atoms with E-state index in [2.05, 4.69) is 0 Å². The van der Waals surface area contributed by atoms with Crippen molar-refractivity contribution in [2.45, 2.75) is 18.1 Å². The van der Waals surface area contributed by atoms with Gasteiger partial charge in [-0.15, -0.1) is 0 Å². The van der Waals surface area contributed by atoms with Crippen LogP contribution in [0, 0.1) is 11.8 Å². The van der Waals surface area contributed by atoms with Crippen LogP contribution in [0.25, 0.3) is 0 Å². The first-order valence-electron chi connectivity index (χ1n) is 9.78. The zero-order valence-corrected chi connectivity index (χ0v) is 16.8. The van der Waals surface area contributed by atoms with E-state index >= 15 is 0 Å². The molecule has 0 saturated carbocycles. The van der Waals surface area contributed by atoms with Gasteiger partial charge in [-0.05, 0) is 11.1 Å². The number of benzene rings is 2. The lowest BCUT2D eigenvalue weighted by Crippen LogP contribution is -2.51. The van der Waals surface area contributed by atoms with Crippen LogP contribution in [0.4, 0.5) is 0 Å². The summed E-state index contributed by atoms with van der Waals surface area (Å²) in [4.78, 5) is 40.5. The van der Waals surface area contributed by atoms with E-state index in [1.807, 2.05) is 65.6 Å². The summed E-state index contributed by atoms with van der Waals surface area (Å²) in [5.41, 5.74) is 1.75. The molecule has 2 aromatic rings. The summed E-state index contributed by atoms with van der Waals surface area (Å²) >= 11 is 0. The second-order valence-corrected chi connectivity index (χ2v) is 7.40. The number of nitrogens with zero attached hydrogens (tertiary/aromatic N) is 1. The van der Waals surface area contributed by atoms with Crippen LogP contribution in [0.15, 0.2) is 60.7 Å². The highest BCUT2D eigenvalue weighted by molar-refractivity contribution is 5.91. The second kappa shape index (κ2) is 8.28.